The predicted molar refractivity (Wildman–Crippen MR) is 98.1 cm³/mol. The van der Waals surface area contributed by atoms with Gasteiger partial charge in [-0.05, 0) is 48.0 Å². The number of amides is 3. The zero-order valence-corrected chi connectivity index (χ0v) is 14.9. The summed E-state index contributed by atoms with van der Waals surface area (Å²) in [6, 6.07) is 13.0. The van der Waals surface area contributed by atoms with Crippen LogP contribution in [-0.2, 0) is 6.54 Å². The molecule has 8 heteroatoms. The van der Waals surface area contributed by atoms with Crippen molar-refractivity contribution in [1.29, 1.82) is 0 Å². The Balaban J connectivity index is 1.53. The van der Waals surface area contributed by atoms with Crippen LogP contribution in [0.2, 0.25) is 0 Å². The van der Waals surface area contributed by atoms with Gasteiger partial charge in [-0.1, -0.05) is 12.1 Å². The van der Waals surface area contributed by atoms with Crippen LogP contribution in [0.4, 0.5) is 5.69 Å². The van der Waals surface area contributed by atoms with Crippen molar-refractivity contribution in [3.05, 3.63) is 88.9 Å². The van der Waals surface area contributed by atoms with Gasteiger partial charge in [0.25, 0.3) is 17.7 Å². The van der Waals surface area contributed by atoms with E-state index in [0.717, 1.165) is 4.90 Å². The molecule has 144 valence electrons. The minimum Gasteiger partial charge on any atom is -0.545 e. The van der Waals surface area contributed by atoms with Gasteiger partial charge in [0.15, 0.2) is 0 Å². The topological polar surface area (TPSA) is 120 Å². The molecule has 0 unspecified atom stereocenters. The summed E-state index contributed by atoms with van der Waals surface area (Å²) >= 11 is 0. The molecule has 3 aromatic rings. The fraction of sp³-hybridized carbons (Fsp3) is 0.0476. The second-order valence-corrected chi connectivity index (χ2v) is 6.36. The normalized spacial score (nSPS) is 12.8. The van der Waals surface area contributed by atoms with Gasteiger partial charge in [0, 0.05) is 11.3 Å². The first-order valence-corrected chi connectivity index (χ1v) is 8.59. The summed E-state index contributed by atoms with van der Waals surface area (Å²) in [4.78, 5) is 49.5. The van der Waals surface area contributed by atoms with Gasteiger partial charge in [-0.25, -0.2) is 0 Å². The van der Waals surface area contributed by atoms with E-state index in [4.69, 9.17) is 4.42 Å². The van der Waals surface area contributed by atoms with Crippen molar-refractivity contribution in [3.63, 3.8) is 0 Å². The Labute approximate surface area is 164 Å². The van der Waals surface area contributed by atoms with Crippen molar-refractivity contribution in [2.75, 3.05) is 5.32 Å². The summed E-state index contributed by atoms with van der Waals surface area (Å²) < 4.78 is 5.19. The maximum atomic E-state index is 12.6. The van der Waals surface area contributed by atoms with Crippen molar-refractivity contribution < 1.29 is 28.7 Å². The molecule has 1 N–H and O–H groups in total. The maximum absolute atomic E-state index is 12.6. The lowest BCUT2D eigenvalue weighted by Gasteiger charge is -2.11. The van der Waals surface area contributed by atoms with E-state index in [1.165, 1.54) is 48.7 Å². The SMILES string of the molecule is O=C([O-])c1ccc(NC(=O)c2ccc3c(c2)C(=O)N(Cc2ccco2)C3=O)cc1. The first kappa shape index (κ1) is 18.2. The molecule has 2 aromatic carbocycles. The molecular formula is C21H13N2O6-. The molecule has 0 aliphatic carbocycles. The number of fused-ring (bicyclic) bond motifs is 1. The number of anilines is 1. The molecule has 0 atom stereocenters. The molecule has 1 aliphatic rings. The van der Waals surface area contributed by atoms with E-state index in [1.807, 2.05) is 0 Å². The van der Waals surface area contributed by atoms with Crippen LogP contribution in [0.25, 0.3) is 0 Å². The van der Waals surface area contributed by atoms with Crippen LogP contribution in [0, 0.1) is 0 Å². The molecule has 4 rings (SSSR count). The molecule has 0 radical (unpaired) electrons. The van der Waals surface area contributed by atoms with Gasteiger partial charge in [0.2, 0.25) is 0 Å². The quantitative estimate of drug-likeness (QED) is 0.663. The van der Waals surface area contributed by atoms with Crippen molar-refractivity contribution in [2.45, 2.75) is 6.54 Å². The number of benzene rings is 2. The number of imide groups is 1. The Bertz CT molecular complexity index is 1130. The number of furan rings is 1. The average Bonchev–Trinajstić information content (AvgIpc) is 3.31. The second kappa shape index (κ2) is 7.08. The van der Waals surface area contributed by atoms with E-state index in [-0.39, 0.29) is 28.8 Å². The van der Waals surface area contributed by atoms with Gasteiger partial charge in [0.1, 0.15) is 5.76 Å². The molecule has 2 heterocycles. The summed E-state index contributed by atoms with van der Waals surface area (Å²) in [5.74, 6) is -2.31. The molecule has 0 spiro atoms. The Morgan fingerprint density at radius 3 is 2.28 bits per heavy atom. The zero-order valence-electron chi connectivity index (χ0n) is 14.9. The van der Waals surface area contributed by atoms with E-state index in [9.17, 15) is 24.3 Å². The van der Waals surface area contributed by atoms with Gasteiger partial charge in [-0.15, -0.1) is 0 Å². The van der Waals surface area contributed by atoms with E-state index >= 15 is 0 Å². The molecule has 8 nitrogen and oxygen atoms in total. The fourth-order valence-electron chi connectivity index (χ4n) is 3.03. The van der Waals surface area contributed by atoms with Crippen LogP contribution < -0.4 is 10.4 Å². The molecular weight excluding hydrogens is 376 g/mol. The van der Waals surface area contributed by atoms with Crippen LogP contribution in [0.1, 0.15) is 47.2 Å². The highest BCUT2D eigenvalue weighted by molar-refractivity contribution is 6.22. The summed E-state index contributed by atoms with van der Waals surface area (Å²) in [7, 11) is 0. The molecule has 0 fully saturated rings. The standard InChI is InChI=1S/C21H14N2O6/c24-18(22-14-6-3-12(4-7-14)21(27)28)13-5-8-16-17(10-13)20(26)23(19(16)25)11-15-2-1-9-29-15/h1-10H,11H2,(H,22,24)(H,27,28)/p-1. The van der Waals surface area contributed by atoms with Gasteiger partial charge in [-0.2, -0.15) is 0 Å². The first-order valence-electron chi connectivity index (χ1n) is 8.59. The molecule has 1 aromatic heterocycles. The van der Waals surface area contributed by atoms with Crippen LogP contribution in [-0.4, -0.2) is 28.6 Å². The summed E-state index contributed by atoms with van der Waals surface area (Å²) in [5, 5.41) is 13.4. The molecule has 0 saturated heterocycles. The minimum atomic E-state index is -1.32. The monoisotopic (exact) mass is 389 g/mol. The van der Waals surface area contributed by atoms with Crippen molar-refractivity contribution in [1.82, 2.24) is 4.90 Å². The molecule has 29 heavy (non-hydrogen) atoms. The highest BCUT2D eigenvalue weighted by atomic mass is 16.4. The Hall–Kier alpha value is -4.20. The third-order valence-electron chi connectivity index (χ3n) is 4.51. The lowest BCUT2D eigenvalue weighted by Crippen LogP contribution is -2.28. The molecule has 3 amide bonds. The van der Waals surface area contributed by atoms with E-state index in [1.54, 1.807) is 12.1 Å². The van der Waals surface area contributed by atoms with Crippen LogP contribution >= 0.6 is 0 Å². The van der Waals surface area contributed by atoms with E-state index < -0.39 is 23.7 Å². The number of rotatable bonds is 5. The number of carboxylic acids is 1. The number of carbonyl (C=O) groups is 4. The predicted octanol–water partition coefficient (Wildman–Crippen LogP) is 1.69. The van der Waals surface area contributed by atoms with Crippen molar-refractivity contribution >= 4 is 29.4 Å². The Morgan fingerprint density at radius 2 is 1.62 bits per heavy atom. The maximum Gasteiger partial charge on any atom is 0.261 e. The average molecular weight is 389 g/mol. The van der Waals surface area contributed by atoms with Gasteiger partial charge in [0.05, 0.1) is 29.9 Å². The molecule has 0 saturated carbocycles. The van der Waals surface area contributed by atoms with Crippen molar-refractivity contribution in [2.24, 2.45) is 0 Å². The Kier molecular flexibility index (Phi) is 4.44. The molecule has 1 aliphatic heterocycles. The number of aromatic carboxylic acids is 1. The van der Waals surface area contributed by atoms with E-state index in [2.05, 4.69) is 5.32 Å². The summed E-state index contributed by atoms with van der Waals surface area (Å²) in [6.45, 7) is 0.00561. The minimum absolute atomic E-state index is 0.00561. The van der Waals surface area contributed by atoms with Gasteiger partial charge in [-0.3, -0.25) is 19.3 Å². The number of hydrogen-bond acceptors (Lipinski definition) is 6. The van der Waals surface area contributed by atoms with Gasteiger partial charge < -0.3 is 19.6 Å². The van der Waals surface area contributed by atoms with Gasteiger partial charge >= 0.3 is 0 Å². The molecule has 0 bridgehead atoms. The van der Waals surface area contributed by atoms with Crippen LogP contribution in [0.3, 0.4) is 0 Å². The summed E-state index contributed by atoms with van der Waals surface area (Å²) in [6.07, 6.45) is 1.45. The van der Waals surface area contributed by atoms with Crippen LogP contribution in [0.15, 0.2) is 65.3 Å². The number of carbonyl (C=O) groups excluding carboxylic acids is 4. The number of nitrogens with one attached hydrogen (secondary N) is 1. The lowest BCUT2D eigenvalue weighted by molar-refractivity contribution is -0.255. The number of nitrogens with zero attached hydrogens (tertiary/aromatic N) is 1. The third kappa shape index (κ3) is 3.39. The second-order valence-electron chi connectivity index (χ2n) is 6.36. The highest BCUT2D eigenvalue weighted by Crippen LogP contribution is 2.26. The van der Waals surface area contributed by atoms with E-state index in [0.29, 0.717) is 11.4 Å². The number of carboxylic acid groups (broad SMARTS) is 1. The third-order valence-corrected chi connectivity index (χ3v) is 4.51. The smallest absolute Gasteiger partial charge is 0.261 e. The lowest BCUT2D eigenvalue weighted by atomic mass is 10.1. The number of hydrogen-bond donors (Lipinski definition) is 1. The van der Waals surface area contributed by atoms with Crippen LogP contribution in [0.5, 0.6) is 0 Å². The first-order chi connectivity index (χ1) is 13.9. The van der Waals surface area contributed by atoms with Crippen molar-refractivity contribution in [3.8, 4) is 0 Å². The summed E-state index contributed by atoms with van der Waals surface area (Å²) in [5.41, 5.74) is 0.912. The fourth-order valence-corrected chi connectivity index (χ4v) is 3.03. The Morgan fingerprint density at radius 1 is 0.931 bits per heavy atom. The largest absolute Gasteiger partial charge is 0.545 e. The highest BCUT2D eigenvalue weighted by Gasteiger charge is 2.36. The zero-order chi connectivity index (χ0) is 20.5.